The van der Waals surface area contributed by atoms with Gasteiger partial charge in [0.1, 0.15) is 6.04 Å². The molecule has 1 heterocycles. The highest BCUT2D eigenvalue weighted by Gasteiger charge is 2.21. The molecule has 0 aliphatic rings. The first-order valence-corrected chi connectivity index (χ1v) is 5.55. The van der Waals surface area contributed by atoms with Crippen LogP contribution in [-0.2, 0) is 18.3 Å². The fourth-order valence-electron chi connectivity index (χ4n) is 1.56. The number of hydrogen-bond donors (Lipinski definition) is 2. The molecule has 0 aliphatic carbocycles. The van der Waals surface area contributed by atoms with E-state index in [0.717, 1.165) is 0 Å². The third-order valence-corrected chi connectivity index (χ3v) is 2.50. The second kappa shape index (κ2) is 5.47. The van der Waals surface area contributed by atoms with Crippen LogP contribution in [0.3, 0.4) is 0 Å². The molecule has 2 N–H and O–H groups in total. The van der Waals surface area contributed by atoms with Crippen LogP contribution in [0, 0.1) is 0 Å². The van der Waals surface area contributed by atoms with E-state index in [1.807, 2.05) is 6.92 Å². The first kappa shape index (κ1) is 13.2. The monoisotopic (exact) mass is 239 g/mol. The van der Waals surface area contributed by atoms with Crippen molar-refractivity contribution in [3.8, 4) is 0 Å². The van der Waals surface area contributed by atoms with E-state index in [9.17, 15) is 9.59 Å². The molecule has 0 bridgehead atoms. The highest BCUT2D eigenvalue weighted by molar-refractivity contribution is 5.97. The smallest absolute Gasteiger partial charge is 0.326 e. The Balaban J connectivity index is 2.85. The standard InChI is InChI=1S/C11H17N3O3/c1-4-8-7(6-14(3)13-8)10(15)12-9(5-2)11(16)17/h6,9H,4-5H2,1-3H3,(H,12,15)(H,16,17). The van der Waals surface area contributed by atoms with Gasteiger partial charge in [-0.05, 0) is 12.8 Å². The van der Waals surface area contributed by atoms with Crippen molar-refractivity contribution < 1.29 is 14.7 Å². The third kappa shape index (κ3) is 3.05. The number of carbonyl (C=O) groups excluding carboxylic acids is 1. The lowest BCUT2D eigenvalue weighted by molar-refractivity contribution is -0.139. The molecule has 1 aromatic rings. The van der Waals surface area contributed by atoms with E-state index in [1.165, 1.54) is 0 Å². The fourth-order valence-corrected chi connectivity index (χ4v) is 1.56. The second-order valence-corrected chi connectivity index (χ2v) is 3.79. The molecule has 0 radical (unpaired) electrons. The van der Waals surface area contributed by atoms with Crippen LogP contribution >= 0.6 is 0 Å². The SMILES string of the molecule is CCc1nn(C)cc1C(=O)NC(CC)C(=O)O. The molecule has 1 rings (SSSR count). The van der Waals surface area contributed by atoms with Crippen molar-refractivity contribution in [2.75, 3.05) is 0 Å². The minimum atomic E-state index is -1.03. The number of carboxylic acids is 1. The van der Waals surface area contributed by atoms with Crippen LogP contribution in [0.1, 0.15) is 36.3 Å². The van der Waals surface area contributed by atoms with Crippen LogP contribution in [0.5, 0.6) is 0 Å². The summed E-state index contributed by atoms with van der Waals surface area (Å²) in [5.41, 5.74) is 1.11. The summed E-state index contributed by atoms with van der Waals surface area (Å²) in [7, 11) is 1.73. The van der Waals surface area contributed by atoms with Crippen LogP contribution in [-0.4, -0.2) is 32.8 Å². The summed E-state index contributed by atoms with van der Waals surface area (Å²) in [6, 6.07) is -0.854. The van der Waals surface area contributed by atoms with Gasteiger partial charge < -0.3 is 10.4 Å². The minimum Gasteiger partial charge on any atom is -0.480 e. The van der Waals surface area contributed by atoms with E-state index < -0.39 is 12.0 Å². The Morgan fingerprint density at radius 2 is 2.18 bits per heavy atom. The lowest BCUT2D eigenvalue weighted by atomic mass is 10.1. The Kier molecular flexibility index (Phi) is 4.25. The normalized spacial score (nSPS) is 12.2. The van der Waals surface area contributed by atoms with Gasteiger partial charge in [-0.3, -0.25) is 9.48 Å². The molecule has 0 saturated heterocycles. The number of amides is 1. The van der Waals surface area contributed by atoms with Gasteiger partial charge in [-0.15, -0.1) is 0 Å². The van der Waals surface area contributed by atoms with E-state index in [1.54, 1.807) is 24.9 Å². The molecule has 0 spiro atoms. The third-order valence-electron chi connectivity index (χ3n) is 2.50. The van der Waals surface area contributed by atoms with Gasteiger partial charge in [-0.1, -0.05) is 13.8 Å². The van der Waals surface area contributed by atoms with Crippen molar-refractivity contribution in [1.29, 1.82) is 0 Å². The molecule has 0 fully saturated rings. The lowest BCUT2D eigenvalue weighted by Gasteiger charge is -2.11. The number of carboxylic acid groups (broad SMARTS) is 1. The van der Waals surface area contributed by atoms with Crippen molar-refractivity contribution in [3.63, 3.8) is 0 Å². The average Bonchev–Trinajstić information content (AvgIpc) is 2.66. The molecule has 0 saturated carbocycles. The zero-order chi connectivity index (χ0) is 13.0. The Bertz CT molecular complexity index is 426. The number of aromatic nitrogens is 2. The Hall–Kier alpha value is -1.85. The summed E-state index contributed by atoms with van der Waals surface area (Å²) < 4.78 is 1.55. The molecular weight excluding hydrogens is 222 g/mol. The molecule has 1 aromatic heterocycles. The summed E-state index contributed by atoms with van der Waals surface area (Å²) in [6.45, 7) is 3.61. The first-order valence-electron chi connectivity index (χ1n) is 5.55. The zero-order valence-electron chi connectivity index (χ0n) is 10.2. The van der Waals surface area contributed by atoms with Gasteiger partial charge in [0.15, 0.2) is 0 Å². The summed E-state index contributed by atoms with van der Waals surface area (Å²) in [6.07, 6.45) is 2.58. The maximum atomic E-state index is 11.9. The highest BCUT2D eigenvalue weighted by Crippen LogP contribution is 2.07. The van der Waals surface area contributed by atoms with E-state index >= 15 is 0 Å². The van der Waals surface area contributed by atoms with Crippen molar-refractivity contribution >= 4 is 11.9 Å². The number of nitrogens with one attached hydrogen (secondary N) is 1. The molecular formula is C11H17N3O3. The van der Waals surface area contributed by atoms with E-state index in [-0.39, 0.29) is 5.91 Å². The molecule has 17 heavy (non-hydrogen) atoms. The van der Waals surface area contributed by atoms with Crippen molar-refractivity contribution in [2.24, 2.45) is 7.05 Å². The van der Waals surface area contributed by atoms with Gasteiger partial charge in [0.05, 0.1) is 11.3 Å². The Morgan fingerprint density at radius 1 is 1.53 bits per heavy atom. The number of hydrogen-bond acceptors (Lipinski definition) is 3. The van der Waals surface area contributed by atoms with Crippen molar-refractivity contribution in [3.05, 3.63) is 17.5 Å². The number of carbonyl (C=O) groups is 2. The van der Waals surface area contributed by atoms with Crippen LogP contribution in [0.2, 0.25) is 0 Å². The molecule has 0 aliphatic heterocycles. The molecule has 1 atom stereocenters. The van der Waals surface area contributed by atoms with Gasteiger partial charge in [0.2, 0.25) is 0 Å². The topological polar surface area (TPSA) is 84.2 Å². The van der Waals surface area contributed by atoms with Crippen LogP contribution in [0.15, 0.2) is 6.20 Å². The Labute approximate surface area is 99.6 Å². The van der Waals surface area contributed by atoms with Gasteiger partial charge in [0.25, 0.3) is 5.91 Å². The summed E-state index contributed by atoms with van der Waals surface area (Å²) in [5.74, 6) is -1.41. The average molecular weight is 239 g/mol. The quantitative estimate of drug-likeness (QED) is 0.787. The van der Waals surface area contributed by atoms with Crippen LogP contribution in [0.4, 0.5) is 0 Å². The van der Waals surface area contributed by atoms with E-state index in [0.29, 0.717) is 24.1 Å². The van der Waals surface area contributed by atoms with Crippen LogP contribution < -0.4 is 5.32 Å². The summed E-state index contributed by atoms with van der Waals surface area (Å²) in [5, 5.41) is 15.5. The van der Waals surface area contributed by atoms with Crippen molar-refractivity contribution in [1.82, 2.24) is 15.1 Å². The fraction of sp³-hybridized carbons (Fsp3) is 0.545. The van der Waals surface area contributed by atoms with Gasteiger partial charge >= 0.3 is 5.97 Å². The number of rotatable bonds is 5. The molecule has 6 heteroatoms. The highest BCUT2D eigenvalue weighted by atomic mass is 16.4. The predicted molar refractivity (Wildman–Crippen MR) is 61.8 cm³/mol. The number of aryl methyl sites for hydroxylation is 2. The van der Waals surface area contributed by atoms with Crippen molar-refractivity contribution in [2.45, 2.75) is 32.7 Å². The largest absolute Gasteiger partial charge is 0.480 e. The number of aliphatic carboxylic acids is 1. The molecule has 94 valence electrons. The maximum absolute atomic E-state index is 11.9. The molecule has 1 amide bonds. The predicted octanol–water partition coefficient (Wildman–Crippen LogP) is 0.575. The summed E-state index contributed by atoms with van der Waals surface area (Å²) >= 11 is 0. The lowest BCUT2D eigenvalue weighted by Crippen LogP contribution is -2.40. The number of nitrogens with zero attached hydrogens (tertiary/aromatic N) is 2. The zero-order valence-corrected chi connectivity index (χ0v) is 10.2. The first-order chi connectivity index (χ1) is 7.99. The van der Waals surface area contributed by atoms with Crippen LogP contribution in [0.25, 0.3) is 0 Å². The van der Waals surface area contributed by atoms with E-state index in [4.69, 9.17) is 5.11 Å². The molecule has 1 unspecified atom stereocenters. The molecule has 6 nitrogen and oxygen atoms in total. The summed E-state index contributed by atoms with van der Waals surface area (Å²) in [4.78, 5) is 22.7. The maximum Gasteiger partial charge on any atom is 0.326 e. The van der Waals surface area contributed by atoms with Gasteiger partial charge in [0, 0.05) is 13.2 Å². The van der Waals surface area contributed by atoms with Gasteiger partial charge in [-0.2, -0.15) is 5.10 Å². The van der Waals surface area contributed by atoms with E-state index in [2.05, 4.69) is 10.4 Å². The minimum absolute atomic E-state index is 0.350. The molecule has 0 aromatic carbocycles. The van der Waals surface area contributed by atoms with Gasteiger partial charge in [-0.25, -0.2) is 4.79 Å². The Morgan fingerprint density at radius 3 is 2.65 bits per heavy atom. The second-order valence-electron chi connectivity index (χ2n) is 3.79.